The van der Waals surface area contributed by atoms with E-state index in [-0.39, 0.29) is 11.7 Å². The molecule has 0 fully saturated rings. The third-order valence-electron chi connectivity index (χ3n) is 4.24. The normalized spacial score (nSPS) is 22.0. The number of ketones is 1. The summed E-state index contributed by atoms with van der Waals surface area (Å²) in [6.07, 6.45) is 3.06. The first-order valence-corrected chi connectivity index (χ1v) is 8.90. The fraction of sp³-hybridized carbons (Fsp3) is 0.400. The number of carbonyl (C=O) groups is 1. The van der Waals surface area contributed by atoms with E-state index in [4.69, 9.17) is 4.42 Å². The van der Waals surface area contributed by atoms with Gasteiger partial charge in [-0.25, -0.2) is 4.68 Å². The largest absolute Gasteiger partial charge is 0.433 e. The van der Waals surface area contributed by atoms with Crippen LogP contribution in [-0.4, -0.2) is 31.2 Å². The number of Topliss-reactive ketones (excluding diaryl/α,β-unsaturated/α-hetero) is 1. The van der Waals surface area contributed by atoms with Crippen LogP contribution in [0.5, 0.6) is 0 Å². The number of furan rings is 1. The van der Waals surface area contributed by atoms with E-state index in [0.29, 0.717) is 29.7 Å². The second-order valence-corrected chi connectivity index (χ2v) is 6.97. The first kappa shape index (κ1) is 15.9. The van der Waals surface area contributed by atoms with E-state index in [2.05, 4.69) is 15.4 Å². The smallest absolute Gasteiger partial charge is 0.403 e. The Bertz CT molecular complexity index is 886. The second-order valence-electron chi connectivity index (χ2n) is 5.74. The highest BCUT2D eigenvalue weighted by Gasteiger charge is 2.43. The maximum atomic E-state index is 12.6. The van der Waals surface area contributed by atoms with Crippen LogP contribution in [0.25, 0.3) is 0 Å². The van der Waals surface area contributed by atoms with Gasteiger partial charge in [-0.1, -0.05) is 24.8 Å². The first-order chi connectivity index (χ1) is 12.1. The molecule has 1 aliphatic heterocycles. The Morgan fingerprint density at radius 3 is 3.08 bits per heavy atom. The highest BCUT2D eigenvalue weighted by atomic mass is 32.2. The summed E-state index contributed by atoms with van der Waals surface area (Å²) in [6, 6.07) is 2.25. The van der Waals surface area contributed by atoms with Crippen molar-refractivity contribution in [3.05, 3.63) is 39.8 Å². The lowest BCUT2D eigenvalue weighted by molar-refractivity contribution is -0.402. The number of hydrogen-bond donors (Lipinski definition) is 1. The lowest BCUT2D eigenvalue weighted by Gasteiger charge is -2.34. The molecule has 1 N–H and O–H groups in total. The number of hydrogen-bond acceptors (Lipinski definition) is 8. The minimum absolute atomic E-state index is 0.0555. The highest BCUT2D eigenvalue weighted by Crippen LogP contribution is 2.42. The zero-order valence-corrected chi connectivity index (χ0v) is 14.2. The van der Waals surface area contributed by atoms with E-state index in [0.717, 1.165) is 11.4 Å². The Morgan fingerprint density at radius 2 is 2.36 bits per heavy atom. The lowest BCUT2D eigenvalue weighted by Crippen LogP contribution is -2.38. The Kier molecular flexibility index (Phi) is 3.83. The predicted molar refractivity (Wildman–Crippen MR) is 89.4 cm³/mol. The molecule has 130 valence electrons. The molecule has 25 heavy (non-hydrogen) atoms. The third kappa shape index (κ3) is 2.62. The van der Waals surface area contributed by atoms with Gasteiger partial charge in [-0.3, -0.25) is 14.9 Å². The number of anilines is 1. The van der Waals surface area contributed by atoms with Gasteiger partial charge < -0.3 is 9.73 Å². The Hall–Kier alpha value is -2.62. The first-order valence-electron chi connectivity index (χ1n) is 7.91. The van der Waals surface area contributed by atoms with Crippen molar-refractivity contribution >= 4 is 29.4 Å². The molecule has 0 radical (unpaired) electrons. The van der Waals surface area contributed by atoms with Crippen LogP contribution < -0.4 is 5.32 Å². The van der Waals surface area contributed by atoms with E-state index in [9.17, 15) is 14.9 Å². The fourth-order valence-corrected chi connectivity index (χ4v) is 3.78. The van der Waals surface area contributed by atoms with Gasteiger partial charge >= 0.3 is 5.88 Å². The second kappa shape index (κ2) is 6.03. The molecule has 0 saturated heterocycles. The quantitative estimate of drug-likeness (QED) is 0.502. The lowest BCUT2D eigenvalue weighted by atomic mass is 9.83. The molecule has 1 aliphatic carbocycles. The molecule has 0 aromatic carbocycles. The van der Waals surface area contributed by atoms with Crippen LogP contribution in [0.1, 0.15) is 31.6 Å². The van der Waals surface area contributed by atoms with Crippen LogP contribution in [0.15, 0.2) is 33.5 Å². The summed E-state index contributed by atoms with van der Waals surface area (Å²) in [7, 11) is 0. The number of allylic oxidation sites excluding steroid dienone is 2. The van der Waals surface area contributed by atoms with E-state index >= 15 is 0 Å². The molecule has 0 spiro atoms. The molecule has 0 amide bonds. The predicted octanol–water partition coefficient (Wildman–Crippen LogP) is 2.77. The van der Waals surface area contributed by atoms with Crippen molar-refractivity contribution in [3.63, 3.8) is 0 Å². The van der Waals surface area contributed by atoms with E-state index < -0.39 is 16.9 Å². The molecular weight excluding hydrogens is 346 g/mol. The maximum absolute atomic E-state index is 12.6. The van der Waals surface area contributed by atoms with Crippen molar-refractivity contribution in [2.75, 3.05) is 11.1 Å². The Balaban J connectivity index is 1.85. The molecule has 0 unspecified atom stereocenters. The van der Waals surface area contributed by atoms with Crippen LogP contribution >= 0.6 is 11.8 Å². The Morgan fingerprint density at radius 1 is 1.52 bits per heavy atom. The van der Waals surface area contributed by atoms with Gasteiger partial charge in [0, 0.05) is 12.1 Å². The number of carbonyl (C=O) groups excluding carboxylic acids is 1. The molecule has 2 aromatic rings. The van der Waals surface area contributed by atoms with Crippen LogP contribution in [0.3, 0.4) is 0 Å². The standard InChI is InChI=1S/C15H15N5O4S/c1-2-25-15-17-14-16-8-4-3-5-9(21)12(8)13(19(14)18-15)10-6-7-11(24-10)20(22)23/h4,6-7,12-13H,2-3,5H2,1H3,(H,16,17,18)/t12-,13-/m1/s1. The number of nitro groups is 1. The van der Waals surface area contributed by atoms with E-state index in [1.165, 1.54) is 23.9 Å². The van der Waals surface area contributed by atoms with Gasteiger partial charge in [0.15, 0.2) is 0 Å². The van der Waals surface area contributed by atoms with Crippen LogP contribution in [-0.2, 0) is 4.79 Å². The topological polar surface area (TPSA) is 116 Å². The number of fused-ring (bicyclic) bond motifs is 2. The van der Waals surface area contributed by atoms with Crippen LogP contribution in [0.4, 0.5) is 11.8 Å². The van der Waals surface area contributed by atoms with Gasteiger partial charge in [-0.05, 0) is 18.2 Å². The summed E-state index contributed by atoms with van der Waals surface area (Å²) in [4.78, 5) is 27.4. The summed E-state index contributed by atoms with van der Waals surface area (Å²) >= 11 is 1.48. The molecule has 2 aliphatic rings. The van der Waals surface area contributed by atoms with Crippen LogP contribution in [0, 0.1) is 16.0 Å². The molecular formula is C15H15N5O4S. The number of nitrogens with zero attached hydrogens (tertiary/aromatic N) is 4. The van der Waals surface area contributed by atoms with Gasteiger partial charge in [-0.15, -0.1) is 5.10 Å². The summed E-state index contributed by atoms with van der Waals surface area (Å²) < 4.78 is 7.01. The average molecular weight is 361 g/mol. The fourth-order valence-electron chi connectivity index (χ4n) is 3.23. The molecule has 0 bridgehead atoms. The zero-order valence-electron chi connectivity index (χ0n) is 13.3. The summed E-state index contributed by atoms with van der Waals surface area (Å²) in [5.74, 6) is 0.849. The average Bonchev–Trinajstić information content (AvgIpc) is 3.20. The SMILES string of the molecule is CCSc1nc2n(n1)[C@H](c1ccc([N+](=O)[O-])o1)[C@H]1C(=O)CCC=C1N2. The van der Waals surface area contributed by atoms with Crippen molar-refractivity contribution in [2.45, 2.75) is 31.0 Å². The van der Waals surface area contributed by atoms with Crippen LogP contribution in [0.2, 0.25) is 0 Å². The number of aromatic nitrogens is 3. The molecule has 10 heteroatoms. The molecule has 2 atom stereocenters. The van der Waals surface area contributed by atoms with Crippen molar-refractivity contribution < 1.29 is 14.1 Å². The zero-order chi connectivity index (χ0) is 17.6. The third-order valence-corrected chi connectivity index (χ3v) is 4.96. The maximum Gasteiger partial charge on any atom is 0.433 e. The molecule has 3 heterocycles. The highest BCUT2D eigenvalue weighted by molar-refractivity contribution is 7.99. The Labute approximate surface area is 146 Å². The molecule has 9 nitrogen and oxygen atoms in total. The molecule has 4 rings (SSSR count). The van der Waals surface area contributed by atoms with Gasteiger partial charge in [0.2, 0.25) is 11.1 Å². The minimum atomic E-state index is -0.593. The van der Waals surface area contributed by atoms with E-state index in [1.54, 1.807) is 4.68 Å². The van der Waals surface area contributed by atoms with Gasteiger partial charge in [-0.2, -0.15) is 4.98 Å². The molecule has 0 saturated carbocycles. The van der Waals surface area contributed by atoms with Gasteiger partial charge in [0.05, 0.1) is 12.0 Å². The monoisotopic (exact) mass is 361 g/mol. The summed E-state index contributed by atoms with van der Waals surface area (Å²) in [5, 5.41) is 19.2. The number of thioether (sulfide) groups is 1. The summed E-state index contributed by atoms with van der Waals surface area (Å²) in [5.41, 5.74) is 0.758. The van der Waals surface area contributed by atoms with Crippen molar-refractivity contribution in [3.8, 4) is 0 Å². The van der Waals surface area contributed by atoms with E-state index in [1.807, 2.05) is 13.0 Å². The van der Waals surface area contributed by atoms with Crippen molar-refractivity contribution in [1.29, 1.82) is 0 Å². The van der Waals surface area contributed by atoms with Gasteiger partial charge in [0.25, 0.3) is 0 Å². The number of rotatable bonds is 4. The molecule has 2 aromatic heterocycles. The number of nitrogens with one attached hydrogen (secondary N) is 1. The minimum Gasteiger partial charge on any atom is -0.403 e. The summed E-state index contributed by atoms with van der Waals surface area (Å²) in [6.45, 7) is 2.00. The van der Waals surface area contributed by atoms with Gasteiger partial charge in [0.1, 0.15) is 22.5 Å². The van der Waals surface area contributed by atoms with Crippen molar-refractivity contribution in [1.82, 2.24) is 14.8 Å². The van der Waals surface area contributed by atoms with Crippen molar-refractivity contribution in [2.24, 2.45) is 5.92 Å².